The summed E-state index contributed by atoms with van der Waals surface area (Å²) in [4.78, 5) is 14.7. The van der Waals surface area contributed by atoms with E-state index in [0.717, 1.165) is 23.4 Å². The first-order valence-electron chi connectivity index (χ1n) is 14.0. The summed E-state index contributed by atoms with van der Waals surface area (Å²) in [6.45, 7) is 0.108. The molecule has 0 radical (unpaired) electrons. The van der Waals surface area contributed by atoms with Crippen molar-refractivity contribution in [1.82, 2.24) is 9.62 Å². The normalized spacial score (nSPS) is 19.0. The molecule has 1 aliphatic carbocycles. The molecule has 0 aromatic heterocycles. The molecule has 1 aliphatic heterocycles. The third kappa shape index (κ3) is 8.41. The zero-order valence-corrected chi connectivity index (χ0v) is 25.3. The highest BCUT2D eigenvalue weighted by Gasteiger charge is 2.42. The van der Waals surface area contributed by atoms with Crippen LogP contribution >= 0.6 is 11.8 Å². The van der Waals surface area contributed by atoms with Crippen LogP contribution in [-0.4, -0.2) is 69.3 Å². The number of benzene rings is 2. The van der Waals surface area contributed by atoms with Crippen molar-refractivity contribution in [2.45, 2.75) is 72.3 Å². The molecule has 14 heteroatoms. The number of hydrogen-bond acceptors (Lipinski definition) is 8. The van der Waals surface area contributed by atoms with Crippen LogP contribution in [0.2, 0.25) is 0 Å². The Hall–Kier alpha value is -2.86. The molecule has 1 heterocycles. The summed E-state index contributed by atoms with van der Waals surface area (Å²) in [6.07, 6.45) is 3.02. The van der Waals surface area contributed by atoms with E-state index in [1.807, 2.05) is 10.8 Å². The van der Waals surface area contributed by atoms with Gasteiger partial charge in [0.05, 0.1) is 22.7 Å². The van der Waals surface area contributed by atoms with Gasteiger partial charge in [0, 0.05) is 43.3 Å². The molecule has 234 valence electrons. The van der Waals surface area contributed by atoms with E-state index in [2.05, 4.69) is 5.32 Å². The van der Waals surface area contributed by atoms with Crippen molar-refractivity contribution in [2.75, 3.05) is 37.8 Å². The number of thioether (sulfide) groups is 1. The minimum absolute atomic E-state index is 0.214. The van der Waals surface area contributed by atoms with Crippen molar-refractivity contribution in [3.8, 4) is 6.07 Å². The molecule has 2 aromatic carbocycles. The lowest BCUT2D eigenvalue weighted by Gasteiger charge is -2.34. The maximum atomic E-state index is 15.5. The van der Waals surface area contributed by atoms with E-state index in [9.17, 15) is 31.6 Å². The Morgan fingerprint density at radius 3 is 2.44 bits per heavy atom. The topological polar surface area (TPSA) is 112 Å². The number of alkyl halides is 2. The first kappa shape index (κ1) is 33.0. The number of likely N-dealkylation sites (tertiary alicyclic amines) is 1. The Morgan fingerprint density at radius 2 is 1.84 bits per heavy atom. The maximum absolute atomic E-state index is 15.5. The van der Waals surface area contributed by atoms with Gasteiger partial charge in [0.15, 0.2) is 0 Å². The van der Waals surface area contributed by atoms with E-state index < -0.39 is 50.0 Å². The van der Waals surface area contributed by atoms with Gasteiger partial charge in [-0.15, -0.1) is 11.8 Å². The second kappa shape index (κ2) is 13.8. The third-order valence-electron chi connectivity index (χ3n) is 7.84. The maximum Gasteiger partial charge on any atom is 0.265 e. The fourth-order valence-electron chi connectivity index (χ4n) is 5.36. The van der Waals surface area contributed by atoms with Crippen molar-refractivity contribution < 1.29 is 35.5 Å². The number of hydrogen-bond donors (Lipinski definition) is 2. The number of ether oxygens (including phenoxy) is 1. The largest absolute Gasteiger partial charge is 0.378 e. The SMILES string of the molecule is COC1(C(=O)NS(=O)(=O)c2cc(F)c(N[C@H](CCN3CCC(F)(F)C3)CSc3ccc(F)cc3)c(C#N)c2)CCCCC1. The van der Waals surface area contributed by atoms with Crippen LogP contribution in [0.4, 0.5) is 23.2 Å². The zero-order chi connectivity index (χ0) is 31.3. The molecule has 2 aliphatic rings. The monoisotopic (exact) mass is 642 g/mol. The molecule has 1 saturated heterocycles. The molecule has 8 nitrogen and oxygen atoms in total. The Bertz CT molecular complexity index is 1450. The van der Waals surface area contributed by atoms with Gasteiger partial charge in [-0.05, 0) is 55.7 Å². The highest BCUT2D eigenvalue weighted by molar-refractivity contribution is 7.99. The van der Waals surface area contributed by atoms with Gasteiger partial charge in [0.2, 0.25) is 0 Å². The van der Waals surface area contributed by atoms with Crippen molar-refractivity contribution in [3.63, 3.8) is 0 Å². The summed E-state index contributed by atoms with van der Waals surface area (Å²) in [7, 11) is -3.21. The number of nitrogens with zero attached hydrogens (tertiary/aromatic N) is 2. The summed E-state index contributed by atoms with van der Waals surface area (Å²) in [5, 5.41) is 12.8. The van der Waals surface area contributed by atoms with Gasteiger partial charge in [0.1, 0.15) is 23.3 Å². The second-order valence-corrected chi connectivity index (χ2v) is 13.7. The molecule has 1 atom stereocenters. The lowest BCUT2D eigenvalue weighted by molar-refractivity contribution is -0.145. The van der Waals surface area contributed by atoms with Crippen LogP contribution in [0.15, 0.2) is 46.2 Å². The van der Waals surface area contributed by atoms with Crippen molar-refractivity contribution >= 4 is 33.4 Å². The van der Waals surface area contributed by atoms with Crippen LogP contribution in [0.25, 0.3) is 0 Å². The minimum atomic E-state index is -4.55. The highest BCUT2D eigenvalue weighted by Crippen LogP contribution is 2.33. The third-order valence-corrected chi connectivity index (χ3v) is 10.3. The standard InChI is InChI=1S/C29H34F4N4O4S2/c1-41-28(10-3-2-4-11-28)27(38)36-43(39,40)24-15-20(17-34)26(25(31)16-24)35-22(9-13-37-14-12-29(32,33)19-37)18-42-23-7-5-21(30)6-8-23/h5-8,15-16,22,35H,2-4,9-14,18-19H2,1H3,(H,36,38)/t22-/m1/s1. The number of anilines is 1. The van der Waals surface area contributed by atoms with Gasteiger partial charge in [-0.25, -0.2) is 30.7 Å². The summed E-state index contributed by atoms with van der Waals surface area (Å²) in [5.41, 5.74) is -1.86. The number of rotatable bonds is 12. The van der Waals surface area contributed by atoms with Gasteiger partial charge in [0.25, 0.3) is 21.9 Å². The molecule has 2 N–H and O–H groups in total. The van der Waals surface area contributed by atoms with Crippen molar-refractivity contribution in [2.24, 2.45) is 0 Å². The minimum Gasteiger partial charge on any atom is -0.378 e. The molecule has 4 rings (SSSR count). The van der Waals surface area contributed by atoms with E-state index in [1.54, 1.807) is 17.0 Å². The number of carbonyl (C=O) groups excluding carboxylic acids is 1. The smallest absolute Gasteiger partial charge is 0.265 e. The van der Waals surface area contributed by atoms with Crippen LogP contribution in [-0.2, 0) is 19.6 Å². The van der Waals surface area contributed by atoms with Gasteiger partial charge >= 0.3 is 0 Å². The number of nitrogens with one attached hydrogen (secondary N) is 2. The van der Waals surface area contributed by atoms with Crippen molar-refractivity contribution in [3.05, 3.63) is 53.6 Å². The molecule has 0 unspecified atom stereocenters. The first-order valence-corrected chi connectivity index (χ1v) is 16.4. The number of methoxy groups -OCH3 is 1. The van der Waals surface area contributed by atoms with E-state index in [-0.39, 0.29) is 37.3 Å². The lowest BCUT2D eigenvalue weighted by Crippen LogP contribution is -2.51. The summed E-state index contributed by atoms with van der Waals surface area (Å²) < 4.78 is 89.9. The molecular formula is C29H34F4N4O4S2. The first-order chi connectivity index (χ1) is 20.4. The number of sulfonamides is 1. The quantitative estimate of drug-likeness (QED) is 0.237. The van der Waals surface area contributed by atoms with Crippen LogP contribution in [0, 0.1) is 23.0 Å². The zero-order valence-electron chi connectivity index (χ0n) is 23.7. The molecule has 2 fully saturated rings. The van der Waals surface area contributed by atoms with Crippen LogP contribution < -0.4 is 10.0 Å². The Labute approximate surface area is 253 Å². The predicted molar refractivity (Wildman–Crippen MR) is 154 cm³/mol. The van der Waals surface area contributed by atoms with E-state index in [1.165, 1.54) is 31.0 Å². The second-order valence-electron chi connectivity index (χ2n) is 10.9. The van der Waals surface area contributed by atoms with E-state index in [0.29, 0.717) is 37.9 Å². The number of amides is 1. The molecule has 1 amide bonds. The van der Waals surface area contributed by atoms with E-state index >= 15 is 4.39 Å². The highest BCUT2D eigenvalue weighted by atomic mass is 32.2. The molecular weight excluding hydrogens is 608 g/mol. The molecule has 0 bridgehead atoms. The molecule has 2 aromatic rings. The van der Waals surface area contributed by atoms with Crippen LogP contribution in [0.1, 0.15) is 50.5 Å². The van der Waals surface area contributed by atoms with Crippen LogP contribution in [0.3, 0.4) is 0 Å². The predicted octanol–water partition coefficient (Wildman–Crippen LogP) is 5.29. The summed E-state index contributed by atoms with van der Waals surface area (Å²) in [6, 6.07) is 8.74. The van der Waals surface area contributed by atoms with Gasteiger partial charge < -0.3 is 10.1 Å². The average molecular weight is 643 g/mol. The Balaban J connectivity index is 1.53. The average Bonchev–Trinajstić information content (AvgIpc) is 3.34. The molecule has 1 saturated carbocycles. The van der Waals surface area contributed by atoms with Gasteiger partial charge in [-0.1, -0.05) is 19.3 Å². The fourth-order valence-corrected chi connectivity index (χ4v) is 7.41. The fraction of sp³-hybridized carbons (Fsp3) is 0.517. The van der Waals surface area contributed by atoms with Gasteiger partial charge in [-0.2, -0.15) is 5.26 Å². The van der Waals surface area contributed by atoms with Gasteiger partial charge in [-0.3, -0.25) is 9.69 Å². The number of nitriles is 1. The van der Waals surface area contributed by atoms with Crippen molar-refractivity contribution in [1.29, 1.82) is 5.26 Å². The van der Waals surface area contributed by atoms with E-state index in [4.69, 9.17) is 4.74 Å². The molecule has 0 spiro atoms. The Kier molecular flexibility index (Phi) is 10.6. The number of halogens is 4. The summed E-state index contributed by atoms with van der Waals surface area (Å²) >= 11 is 1.33. The lowest BCUT2D eigenvalue weighted by atomic mass is 9.84. The number of carbonyl (C=O) groups is 1. The summed E-state index contributed by atoms with van der Waals surface area (Å²) in [5.74, 6) is -4.74. The Morgan fingerprint density at radius 1 is 1.14 bits per heavy atom. The van der Waals surface area contributed by atoms with Crippen LogP contribution in [0.5, 0.6) is 0 Å². The molecule has 43 heavy (non-hydrogen) atoms.